The molecule has 0 spiro atoms. The first-order valence-electron chi connectivity index (χ1n) is 17.7. The highest BCUT2D eigenvalue weighted by Crippen LogP contribution is 2.60. The van der Waals surface area contributed by atoms with Crippen molar-refractivity contribution in [3.8, 4) is 11.5 Å². The van der Waals surface area contributed by atoms with Gasteiger partial charge in [-0.2, -0.15) is 0 Å². The zero-order valence-electron chi connectivity index (χ0n) is 31.4. The molecule has 8 heteroatoms. The molecule has 0 aromatic heterocycles. The number of ketones is 1. The summed E-state index contributed by atoms with van der Waals surface area (Å²) in [6, 6.07) is 9.28. The number of benzene rings is 1. The number of hydrogen-bond donors (Lipinski definition) is 0. The zero-order valence-corrected chi connectivity index (χ0v) is 33.4. The average molecular weight is 673 g/mol. The van der Waals surface area contributed by atoms with Crippen molar-refractivity contribution in [2.24, 2.45) is 11.3 Å². The maximum Gasteiger partial charge on any atom is 0.200 e. The molecule has 2 aliphatic rings. The summed E-state index contributed by atoms with van der Waals surface area (Å²) < 4.78 is 33.1. The normalized spacial score (nSPS) is 25.2. The quantitative estimate of drug-likeness (QED) is 0.129. The molecular formula is C38H64O6Si2. The van der Waals surface area contributed by atoms with E-state index < -0.39 is 22.0 Å². The van der Waals surface area contributed by atoms with Gasteiger partial charge in [-0.15, -0.1) is 0 Å². The summed E-state index contributed by atoms with van der Waals surface area (Å²) in [6.45, 7) is 25.0. The van der Waals surface area contributed by atoms with Crippen molar-refractivity contribution in [2.75, 3.05) is 21.3 Å². The minimum Gasteiger partial charge on any atom is -0.501 e. The summed E-state index contributed by atoms with van der Waals surface area (Å²) in [7, 11) is 0.520. The third kappa shape index (κ3) is 6.97. The number of hydrogen-bond acceptors (Lipinski definition) is 6. The fourth-order valence-electron chi connectivity index (χ4n) is 8.91. The molecule has 46 heavy (non-hydrogen) atoms. The fourth-order valence-corrected chi connectivity index (χ4v) is 17.4. The van der Waals surface area contributed by atoms with Crippen molar-refractivity contribution >= 4 is 22.4 Å². The van der Waals surface area contributed by atoms with E-state index in [9.17, 15) is 4.79 Å². The predicted molar refractivity (Wildman–Crippen MR) is 195 cm³/mol. The topological polar surface area (TPSA) is 63.2 Å². The molecule has 0 N–H and O–H groups in total. The molecule has 0 saturated heterocycles. The standard InChI is InChI=1S/C38H64O6Si2/c1-15-45(16-2,17-3)44-37-36-32(42-14)23-34(39)38(37,21-20-25(4)5)24-33(43-46(26(6)7,27(8)9)28(10)11)35(36)29-18-19-30(40-12)31(22-29)41-13/h18-20,22-23,26-28,33,35-37H,15-17,21,24H2,1-14H3/t33-,35+,36+,37+,38+/m0/s1. The molecule has 0 unspecified atom stereocenters. The van der Waals surface area contributed by atoms with Crippen molar-refractivity contribution in [2.45, 2.75) is 142 Å². The van der Waals surface area contributed by atoms with Gasteiger partial charge in [-0.25, -0.2) is 0 Å². The minimum atomic E-state index is -2.37. The van der Waals surface area contributed by atoms with Crippen molar-refractivity contribution in [3.63, 3.8) is 0 Å². The summed E-state index contributed by atoms with van der Waals surface area (Å²) in [5.41, 5.74) is 2.76. The van der Waals surface area contributed by atoms with Gasteiger partial charge in [0, 0.05) is 12.0 Å². The van der Waals surface area contributed by atoms with Crippen LogP contribution in [0.5, 0.6) is 11.5 Å². The number of ether oxygens (including phenoxy) is 3. The molecule has 1 saturated carbocycles. The van der Waals surface area contributed by atoms with Gasteiger partial charge in [-0.05, 0) is 79.1 Å². The lowest BCUT2D eigenvalue weighted by atomic mass is 9.54. The minimum absolute atomic E-state index is 0.107. The Morgan fingerprint density at radius 3 is 1.87 bits per heavy atom. The summed E-state index contributed by atoms with van der Waals surface area (Å²) in [5, 5.41) is 0. The van der Waals surface area contributed by atoms with Crippen LogP contribution in [0.3, 0.4) is 0 Å². The van der Waals surface area contributed by atoms with E-state index in [0.717, 1.165) is 23.7 Å². The SMILES string of the molecule is CC[Si](CC)(CC)O[C@@H]1[C@@H]2C(OC)=CC(=O)[C@@]1(CC=C(C)C)C[C@H](O[Si](C(C)C)(C(C)C)C(C)C)[C@H]2c1ccc(OC)c(OC)c1. The molecular weight excluding hydrogens is 609 g/mol. The second-order valence-electron chi connectivity index (χ2n) is 14.9. The van der Waals surface area contributed by atoms with Gasteiger partial charge in [0.05, 0.1) is 44.9 Å². The summed E-state index contributed by atoms with van der Waals surface area (Å²) in [5.74, 6) is 1.89. The van der Waals surface area contributed by atoms with E-state index in [4.69, 9.17) is 23.1 Å². The summed E-state index contributed by atoms with van der Waals surface area (Å²) in [4.78, 5) is 14.7. The van der Waals surface area contributed by atoms with Gasteiger partial charge in [-0.3, -0.25) is 4.79 Å². The highest BCUT2D eigenvalue weighted by atomic mass is 28.4. The van der Waals surface area contributed by atoms with Gasteiger partial charge in [0.15, 0.2) is 25.6 Å². The Morgan fingerprint density at radius 1 is 0.848 bits per heavy atom. The van der Waals surface area contributed by atoms with E-state index in [1.54, 1.807) is 27.4 Å². The molecule has 1 aromatic rings. The molecule has 1 fully saturated rings. The number of methoxy groups -OCH3 is 3. The number of fused-ring (bicyclic) bond motifs is 2. The molecule has 2 bridgehead atoms. The largest absolute Gasteiger partial charge is 0.501 e. The first-order chi connectivity index (χ1) is 21.7. The first-order valence-corrected chi connectivity index (χ1v) is 22.3. The van der Waals surface area contributed by atoms with Crippen LogP contribution in [0.2, 0.25) is 34.8 Å². The highest BCUT2D eigenvalue weighted by Gasteiger charge is 2.63. The number of rotatable bonds is 16. The van der Waals surface area contributed by atoms with Gasteiger partial charge >= 0.3 is 0 Å². The van der Waals surface area contributed by atoms with E-state index in [1.165, 1.54) is 5.57 Å². The van der Waals surface area contributed by atoms with Crippen LogP contribution >= 0.6 is 0 Å². The molecule has 6 nitrogen and oxygen atoms in total. The molecule has 0 amide bonds. The number of allylic oxidation sites excluding steroid dienone is 3. The third-order valence-electron chi connectivity index (χ3n) is 11.6. The summed E-state index contributed by atoms with van der Waals surface area (Å²) >= 11 is 0. The molecule has 0 heterocycles. The lowest BCUT2D eigenvalue weighted by Crippen LogP contribution is -2.64. The van der Waals surface area contributed by atoms with Crippen molar-refractivity contribution < 1.29 is 27.9 Å². The van der Waals surface area contributed by atoms with Crippen LogP contribution in [0, 0.1) is 11.3 Å². The van der Waals surface area contributed by atoms with E-state index >= 15 is 0 Å². The fraction of sp³-hybridized carbons (Fsp3) is 0.711. The Labute approximate surface area is 282 Å². The maximum absolute atomic E-state index is 14.7. The van der Waals surface area contributed by atoms with Crippen LogP contribution in [-0.4, -0.2) is 56.0 Å². The van der Waals surface area contributed by atoms with Gasteiger partial charge < -0.3 is 23.1 Å². The van der Waals surface area contributed by atoms with Gasteiger partial charge in [0.2, 0.25) is 8.32 Å². The highest BCUT2D eigenvalue weighted by molar-refractivity contribution is 6.77. The molecule has 1 aromatic carbocycles. The van der Waals surface area contributed by atoms with Crippen molar-refractivity contribution in [1.82, 2.24) is 0 Å². The first kappa shape index (κ1) is 38.6. The van der Waals surface area contributed by atoms with Gasteiger partial charge in [-0.1, -0.05) is 80.0 Å². The van der Waals surface area contributed by atoms with E-state index in [-0.39, 0.29) is 29.8 Å². The smallest absolute Gasteiger partial charge is 0.200 e. The molecule has 0 radical (unpaired) electrons. The molecule has 3 rings (SSSR count). The molecule has 0 aliphatic heterocycles. The predicted octanol–water partition coefficient (Wildman–Crippen LogP) is 10.2. The Balaban J connectivity index is 2.45. The molecule has 260 valence electrons. The van der Waals surface area contributed by atoms with Crippen LogP contribution in [0.25, 0.3) is 0 Å². The average Bonchev–Trinajstić information content (AvgIpc) is 3.02. The summed E-state index contributed by atoms with van der Waals surface area (Å²) in [6.07, 6.45) is 4.73. The van der Waals surface area contributed by atoms with E-state index in [1.807, 2.05) is 6.07 Å². The lowest BCUT2D eigenvalue weighted by molar-refractivity contribution is -0.150. The Morgan fingerprint density at radius 2 is 1.41 bits per heavy atom. The maximum atomic E-state index is 14.7. The molecule has 5 atom stereocenters. The Bertz CT molecular complexity index is 1220. The van der Waals surface area contributed by atoms with Crippen LogP contribution in [0.15, 0.2) is 41.7 Å². The third-order valence-corrected chi connectivity index (χ3v) is 22.3. The van der Waals surface area contributed by atoms with Crippen LogP contribution in [0.1, 0.15) is 100 Å². The second-order valence-corrected chi connectivity index (χ2v) is 25.0. The van der Waals surface area contributed by atoms with Crippen LogP contribution in [0.4, 0.5) is 0 Å². The van der Waals surface area contributed by atoms with Crippen LogP contribution in [-0.2, 0) is 18.4 Å². The van der Waals surface area contributed by atoms with E-state index in [0.29, 0.717) is 46.7 Å². The van der Waals surface area contributed by atoms with Gasteiger partial charge in [0.25, 0.3) is 0 Å². The van der Waals surface area contributed by atoms with Crippen molar-refractivity contribution in [3.05, 3.63) is 47.2 Å². The second kappa shape index (κ2) is 15.6. The van der Waals surface area contributed by atoms with E-state index in [2.05, 4.69) is 94.4 Å². The monoisotopic (exact) mass is 672 g/mol. The van der Waals surface area contributed by atoms with Gasteiger partial charge in [0.1, 0.15) is 5.76 Å². The number of carbonyl (C=O) groups excluding carboxylic acids is 1. The van der Waals surface area contributed by atoms with Crippen molar-refractivity contribution in [1.29, 1.82) is 0 Å². The van der Waals surface area contributed by atoms with Crippen LogP contribution < -0.4 is 9.47 Å². The lowest BCUT2D eigenvalue weighted by Gasteiger charge is -2.59. The molecule has 2 aliphatic carbocycles. The number of carbonyl (C=O) groups is 1. The Kier molecular flexibility index (Phi) is 13.0. The Hall–Kier alpha value is -1.88. The zero-order chi connectivity index (χ0) is 34.6.